The minimum Gasteiger partial charge on any atom is -0.306 e. The van der Waals surface area contributed by atoms with Crippen LogP contribution in [-0.2, 0) is 0 Å². The summed E-state index contributed by atoms with van der Waals surface area (Å²) >= 11 is 3.55. The number of hydrogen-bond acceptors (Lipinski definition) is 1. The summed E-state index contributed by atoms with van der Waals surface area (Å²) in [5.41, 5.74) is 4.62. The molecule has 0 amide bonds. The Hall–Kier alpha value is -1.19. The van der Waals surface area contributed by atoms with Crippen molar-refractivity contribution >= 4 is 15.9 Å². The Balaban J connectivity index is 2.46. The van der Waals surface area contributed by atoms with E-state index < -0.39 is 0 Å². The van der Waals surface area contributed by atoms with Crippen molar-refractivity contribution in [2.45, 2.75) is 33.2 Å². The number of hydrogen-bond donors (Lipinski definition) is 1. The first kappa shape index (κ1) is 16.2. The molecule has 112 valence electrons. The second kappa shape index (κ2) is 7.19. The predicted octanol–water partition coefficient (Wildman–Crippen LogP) is 5.29. The summed E-state index contributed by atoms with van der Waals surface area (Å²) in [6, 6.07) is 11.3. The van der Waals surface area contributed by atoms with Gasteiger partial charge in [0.15, 0.2) is 0 Å². The van der Waals surface area contributed by atoms with Crippen molar-refractivity contribution in [2.75, 3.05) is 6.54 Å². The van der Waals surface area contributed by atoms with E-state index in [4.69, 9.17) is 0 Å². The third kappa shape index (κ3) is 3.92. The molecule has 3 heteroatoms. The van der Waals surface area contributed by atoms with Gasteiger partial charge in [0, 0.05) is 4.47 Å². The van der Waals surface area contributed by atoms with Crippen LogP contribution in [0.4, 0.5) is 4.39 Å². The summed E-state index contributed by atoms with van der Waals surface area (Å²) < 4.78 is 14.6. The molecule has 2 aromatic rings. The first-order valence-corrected chi connectivity index (χ1v) is 8.07. The van der Waals surface area contributed by atoms with Crippen molar-refractivity contribution in [3.63, 3.8) is 0 Å². The number of rotatable bonds is 5. The van der Waals surface area contributed by atoms with E-state index >= 15 is 0 Å². The number of nitrogens with one attached hydrogen (secondary N) is 1. The molecule has 0 fully saturated rings. The fraction of sp³-hybridized carbons (Fsp3) is 0.333. The van der Waals surface area contributed by atoms with Crippen molar-refractivity contribution in [1.29, 1.82) is 0 Å². The highest BCUT2D eigenvalue weighted by Gasteiger charge is 2.17. The van der Waals surface area contributed by atoms with E-state index in [-0.39, 0.29) is 11.9 Å². The van der Waals surface area contributed by atoms with Crippen LogP contribution in [0.2, 0.25) is 0 Å². The molecule has 1 nitrogen and oxygen atoms in total. The average molecular weight is 350 g/mol. The minimum atomic E-state index is -0.208. The van der Waals surface area contributed by atoms with Crippen LogP contribution >= 0.6 is 15.9 Å². The Morgan fingerprint density at radius 1 is 1.10 bits per heavy atom. The number of halogens is 2. The van der Waals surface area contributed by atoms with E-state index in [0.717, 1.165) is 28.6 Å². The Bertz CT molecular complexity index is 625. The Morgan fingerprint density at radius 2 is 1.86 bits per heavy atom. The van der Waals surface area contributed by atoms with Crippen LogP contribution in [0.1, 0.15) is 41.6 Å². The first-order valence-electron chi connectivity index (χ1n) is 7.28. The monoisotopic (exact) mass is 349 g/mol. The standard InChI is InChI=1S/C18H21BrFN/c1-4-9-21-18(14-6-5-12(2)13(3)10-14)16-11-15(20)7-8-17(16)19/h5-8,10-11,18,21H,4,9H2,1-3H3. The first-order chi connectivity index (χ1) is 10.0. The lowest BCUT2D eigenvalue weighted by Crippen LogP contribution is -2.23. The fourth-order valence-corrected chi connectivity index (χ4v) is 2.85. The van der Waals surface area contributed by atoms with Gasteiger partial charge in [-0.2, -0.15) is 0 Å². The molecule has 0 aliphatic heterocycles. The van der Waals surface area contributed by atoms with Gasteiger partial charge in [0.05, 0.1) is 6.04 Å². The van der Waals surface area contributed by atoms with Crippen LogP contribution in [0.15, 0.2) is 40.9 Å². The maximum absolute atomic E-state index is 13.6. The topological polar surface area (TPSA) is 12.0 Å². The largest absolute Gasteiger partial charge is 0.306 e. The molecule has 0 spiro atoms. The summed E-state index contributed by atoms with van der Waals surface area (Å²) in [7, 11) is 0. The van der Waals surface area contributed by atoms with E-state index in [0.29, 0.717) is 0 Å². The lowest BCUT2D eigenvalue weighted by molar-refractivity contribution is 0.583. The Kier molecular flexibility index (Phi) is 5.54. The van der Waals surface area contributed by atoms with E-state index in [9.17, 15) is 4.39 Å². The number of aryl methyl sites for hydroxylation is 2. The van der Waals surface area contributed by atoms with Gasteiger partial charge in [-0.25, -0.2) is 4.39 Å². The average Bonchev–Trinajstić information content (AvgIpc) is 2.46. The molecule has 21 heavy (non-hydrogen) atoms. The van der Waals surface area contributed by atoms with E-state index in [1.165, 1.54) is 17.2 Å². The third-order valence-electron chi connectivity index (χ3n) is 3.73. The quantitative estimate of drug-likeness (QED) is 0.772. The number of benzene rings is 2. The fourth-order valence-electron chi connectivity index (χ4n) is 2.38. The molecule has 1 unspecified atom stereocenters. The SMILES string of the molecule is CCCNC(c1ccc(C)c(C)c1)c1cc(F)ccc1Br. The van der Waals surface area contributed by atoms with Gasteiger partial charge in [0.2, 0.25) is 0 Å². The van der Waals surface area contributed by atoms with Gasteiger partial charge >= 0.3 is 0 Å². The van der Waals surface area contributed by atoms with Crippen molar-refractivity contribution in [3.8, 4) is 0 Å². The summed E-state index contributed by atoms with van der Waals surface area (Å²) in [6.45, 7) is 7.23. The molecule has 1 N–H and O–H groups in total. The van der Waals surface area contributed by atoms with Gasteiger partial charge in [-0.3, -0.25) is 0 Å². The zero-order valence-electron chi connectivity index (χ0n) is 12.7. The molecule has 0 radical (unpaired) electrons. The molecular weight excluding hydrogens is 329 g/mol. The Labute approximate surface area is 134 Å². The Morgan fingerprint density at radius 3 is 2.52 bits per heavy atom. The van der Waals surface area contributed by atoms with Crippen molar-refractivity contribution in [2.24, 2.45) is 0 Å². The maximum atomic E-state index is 13.6. The molecule has 0 aliphatic rings. The lowest BCUT2D eigenvalue weighted by Gasteiger charge is -2.22. The molecule has 0 bridgehead atoms. The second-order valence-electron chi connectivity index (χ2n) is 5.40. The summed E-state index contributed by atoms with van der Waals surface area (Å²) in [5.74, 6) is -0.208. The lowest BCUT2D eigenvalue weighted by atomic mass is 9.95. The maximum Gasteiger partial charge on any atom is 0.123 e. The molecular formula is C18H21BrFN. The van der Waals surface area contributed by atoms with Crippen LogP contribution in [0.25, 0.3) is 0 Å². The molecule has 1 atom stereocenters. The summed E-state index contributed by atoms with van der Waals surface area (Å²) in [6.07, 6.45) is 1.04. The molecule has 0 saturated carbocycles. The van der Waals surface area contributed by atoms with Crippen molar-refractivity contribution in [1.82, 2.24) is 5.32 Å². The molecule has 0 aliphatic carbocycles. The van der Waals surface area contributed by atoms with Crippen molar-refractivity contribution < 1.29 is 4.39 Å². The van der Waals surface area contributed by atoms with Crippen molar-refractivity contribution in [3.05, 3.63) is 68.9 Å². The third-order valence-corrected chi connectivity index (χ3v) is 4.45. The molecule has 2 rings (SSSR count). The molecule has 0 saturated heterocycles. The highest BCUT2D eigenvalue weighted by atomic mass is 79.9. The normalized spacial score (nSPS) is 12.4. The molecule has 0 heterocycles. The van der Waals surface area contributed by atoms with Crippen LogP contribution in [0.5, 0.6) is 0 Å². The zero-order chi connectivity index (χ0) is 15.4. The highest BCUT2D eigenvalue weighted by molar-refractivity contribution is 9.10. The van der Waals surface area contributed by atoms with E-state index in [1.807, 2.05) is 0 Å². The smallest absolute Gasteiger partial charge is 0.123 e. The second-order valence-corrected chi connectivity index (χ2v) is 6.25. The minimum absolute atomic E-state index is 0.00525. The van der Waals surface area contributed by atoms with E-state index in [2.05, 4.69) is 60.2 Å². The van der Waals surface area contributed by atoms with Crippen LogP contribution in [-0.4, -0.2) is 6.54 Å². The van der Waals surface area contributed by atoms with Gasteiger partial charge in [0.1, 0.15) is 5.82 Å². The molecule has 2 aromatic carbocycles. The summed E-state index contributed by atoms with van der Waals surface area (Å²) in [5, 5.41) is 3.52. The zero-order valence-corrected chi connectivity index (χ0v) is 14.3. The van der Waals surface area contributed by atoms with E-state index in [1.54, 1.807) is 12.1 Å². The van der Waals surface area contributed by atoms with Gasteiger partial charge in [0.25, 0.3) is 0 Å². The highest BCUT2D eigenvalue weighted by Crippen LogP contribution is 2.30. The van der Waals surface area contributed by atoms with Crippen LogP contribution < -0.4 is 5.32 Å². The van der Waals surface area contributed by atoms with Crippen LogP contribution in [0.3, 0.4) is 0 Å². The summed E-state index contributed by atoms with van der Waals surface area (Å²) in [4.78, 5) is 0. The van der Waals surface area contributed by atoms with Gasteiger partial charge < -0.3 is 5.32 Å². The predicted molar refractivity (Wildman–Crippen MR) is 90.2 cm³/mol. The van der Waals surface area contributed by atoms with Gasteiger partial charge in [-0.15, -0.1) is 0 Å². The van der Waals surface area contributed by atoms with Gasteiger partial charge in [-0.05, 0) is 67.3 Å². The van der Waals surface area contributed by atoms with Gasteiger partial charge in [-0.1, -0.05) is 41.1 Å². The molecule has 0 aromatic heterocycles. The van der Waals surface area contributed by atoms with Crippen LogP contribution in [0, 0.1) is 19.7 Å².